The Morgan fingerprint density at radius 1 is 1.31 bits per heavy atom. The summed E-state index contributed by atoms with van der Waals surface area (Å²) in [5.41, 5.74) is 0.230. The molecule has 1 heterocycles. The van der Waals surface area contributed by atoms with Gasteiger partial charge < -0.3 is 9.15 Å². The molecule has 0 saturated heterocycles. The van der Waals surface area contributed by atoms with Gasteiger partial charge in [0.15, 0.2) is 0 Å². The third-order valence-electron chi connectivity index (χ3n) is 2.84. The topological polar surface area (TPSA) is 52.3 Å². The molecule has 0 spiro atoms. The van der Waals surface area contributed by atoms with Gasteiger partial charge in [-0.15, -0.1) is 0 Å². The number of hydrogen-bond donors (Lipinski definition) is 0. The number of benzene rings is 1. The lowest BCUT2D eigenvalue weighted by molar-refractivity contribution is 0.0785. The van der Waals surface area contributed by atoms with Crippen LogP contribution in [-0.4, -0.2) is 11.1 Å². The van der Waals surface area contributed by atoms with Crippen molar-refractivity contribution in [1.29, 1.82) is 0 Å². The highest BCUT2D eigenvalue weighted by molar-refractivity contribution is 5.76. The van der Waals surface area contributed by atoms with Crippen molar-refractivity contribution in [3.63, 3.8) is 0 Å². The smallest absolute Gasteiger partial charge is 0.397 e. The van der Waals surface area contributed by atoms with E-state index in [1.807, 2.05) is 6.07 Å². The van der Waals surface area contributed by atoms with Crippen LogP contribution in [0.3, 0.4) is 0 Å². The van der Waals surface area contributed by atoms with E-state index in [1.165, 1.54) is 6.42 Å². The minimum atomic E-state index is -0.389. The van der Waals surface area contributed by atoms with Crippen molar-refractivity contribution in [2.45, 2.75) is 25.4 Å². The predicted molar refractivity (Wildman–Crippen MR) is 58.5 cm³/mol. The summed E-state index contributed by atoms with van der Waals surface area (Å²) < 4.78 is 10.5. The molecule has 1 saturated carbocycles. The van der Waals surface area contributed by atoms with Crippen molar-refractivity contribution >= 4 is 10.9 Å². The van der Waals surface area contributed by atoms with Gasteiger partial charge in [0, 0.05) is 0 Å². The largest absolute Gasteiger partial charge is 0.447 e. The number of fused-ring (bicyclic) bond motifs is 1. The summed E-state index contributed by atoms with van der Waals surface area (Å²) >= 11 is 0. The van der Waals surface area contributed by atoms with Crippen LogP contribution in [-0.2, 0) is 0 Å². The van der Waals surface area contributed by atoms with Crippen LogP contribution in [0, 0.1) is 0 Å². The molecule has 0 atom stereocenters. The molecule has 3 rings (SSSR count). The van der Waals surface area contributed by atoms with Crippen LogP contribution in [0.2, 0.25) is 0 Å². The molecule has 82 valence electrons. The lowest BCUT2D eigenvalue weighted by Gasteiger charge is -2.24. The van der Waals surface area contributed by atoms with Gasteiger partial charge in [0.05, 0.1) is 10.9 Å². The highest BCUT2D eigenvalue weighted by Gasteiger charge is 2.21. The van der Waals surface area contributed by atoms with Crippen LogP contribution < -0.4 is 10.4 Å². The molecule has 1 aromatic heterocycles. The first-order chi connectivity index (χ1) is 7.83. The SMILES string of the molecule is O=c1oc(OC2CCC2)nc2ccccc12. The van der Waals surface area contributed by atoms with Crippen LogP contribution >= 0.6 is 0 Å². The van der Waals surface area contributed by atoms with Crippen molar-refractivity contribution in [2.75, 3.05) is 0 Å². The lowest BCUT2D eigenvalue weighted by atomic mass is 9.96. The minimum Gasteiger partial charge on any atom is -0.447 e. The fourth-order valence-electron chi connectivity index (χ4n) is 1.68. The van der Waals surface area contributed by atoms with E-state index in [0.29, 0.717) is 10.9 Å². The van der Waals surface area contributed by atoms with Crippen molar-refractivity contribution in [1.82, 2.24) is 4.98 Å². The Morgan fingerprint density at radius 3 is 2.88 bits per heavy atom. The highest BCUT2D eigenvalue weighted by atomic mass is 16.6. The number of ether oxygens (including phenoxy) is 1. The zero-order valence-electron chi connectivity index (χ0n) is 8.68. The van der Waals surface area contributed by atoms with Gasteiger partial charge in [0.2, 0.25) is 0 Å². The van der Waals surface area contributed by atoms with Gasteiger partial charge in [-0.05, 0) is 31.4 Å². The Bertz CT molecular complexity index is 572. The van der Waals surface area contributed by atoms with Crippen LogP contribution in [0.4, 0.5) is 0 Å². The number of rotatable bonds is 2. The van der Waals surface area contributed by atoms with E-state index in [4.69, 9.17) is 9.15 Å². The summed E-state index contributed by atoms with van der Waals surface area (Å²) in [6.07, 6.45) is 3.45. The van der Waals surface area contributed by atoms with Crippen molar-refractivity contribution in [3.8, 4) is 6.08 Å². The third-order valence-corrected chi connectivity index (χ3v) is 2.84. The fraction of sp³-hybridized carbons (Fsp3) is 0.333. The third kappa shape index (κ3) is 1.56. The van der Waals surface area contributed by atoms with Gasteiger partial charge in [-0.3, -0.25) is 0 Å². The molecule has 1 aliphatic rings. The number of para-hydroxylation sites is 1. The van der Waals surface area contributed by atoms with E-state index in [-0.39, 0.29) is 17.8 Å². The van der Waals surface area contributed by atoms with E-state index in [2.05, 4.69) is 4.98 Å². The Labute approximate surface area is 91.9 Å². The first kappa shape index (κ1) is 9.39. The summed E-state index contributed by atoms with van der Waals surface area (Å²) in [4.78, 5) is 15.8. The molecular formula is C12H11NO3. The standard InChI is InChI=1S/C12H11NO3/c14-11-9-6-1-2-7-10(9)13-12(16-11)15-8-4-3-5-8/h1-2,6-8H,3-5H2. The van der Waals surface area contributed by atoms with Crippen LogP contribution in [0.5, 0.6) is 6.08 Å². The Morgan fingerprint density at radius 2 is 2.12 bits per heavy atom. The molecule has 16 heavy (non-hydrogen) atoms. The van der Waals surface area contributed by atoms with E-state index in [1.54, 1.807) is 18.2 Å². The summed E-state index contributed by atoms with van der Waals surface area (Å²) in [6, 6.07) is 7.09. The van der Waals surface area contributed by atoms with Crippen molar-refractivity contribution in [2.24, 2.45) is 0 Å². The average molecular weight is 217 g/mol. The van der Waals surface area contributed by atoms with Crippen molar-refractivity contribution < 1.29 is 9.15 Å². The summed E-state index contributed by atoms with van der Waals surface area (Å²) in [5.74, 6) is 0. The molecule has 0 unspecified atom stereocenters. The van der Waals surface area contributed by atoms with Gasteiger partial charge in [-0.25, -0.2) is 4.79 Å². The monoisotopic (exact) mass is 217 g/mol. The number of hydrogen-bond acceptors (Lipinski definition) is 4. The second-order valence-electron chi connectivity index (χ2n) is 3.96. The van der Waals surface area contributed by atoms with Crippen LogP contribution in [0.1, 0.15) is 19.3 Å². The lowest BCUT2D eigenvalue weighted by Crippen LogP contribution is -2.25. The molecule has 0 N–H and O–H groups in total. The second kappa shape index (κ2) is 3.63. The zero-order chi connectivity index (χ0) is 11.0. The van der Waals surface area contributed by atoms with Crippen LogP contribution in [0.25, 0.3) is 10.9 Å². The molecule has 0 aliphatic heterocycles. The predicted octanol–water partition coefficient (Wildman–Crippen LogP) is 2.12. The maximum atomic E-state index is 11.6. The Kier molecular flexibility index (Phi) is 2.13. The van der Waals surface area contributed by atoms with E-state index in [0.717, 1.165) is 12.8 Å². The molecule has 1 aliphatic carbocycles. The second-order valence-corrected chi connectivity index (χ2v) is 3.96. The fourth-order valence-corrected chi connectivity index (χ4v) is 1.68. The molecule has 0 amide bonds. The van der Waals surface area contributed by atoms with Crippen molar-refractivity contribution in [3.05, 3.63) is 34.7 Å². The summed E-state index contributed by atoms with van der Waals surface area (Å²) in [6.45, 7) is 0. The first-order valence-electron chi connectivity index (χ1n) is 5.39. The Hall–Kier alpha value is -1.84. The molecule has 4 nitrogen and oxygen atoms in total. The van der Waals surface area contributed by atoms with Gasteiger partial charge in [0.25, 0.3) is 0 Å². The summed E-state index contributed by atoms with van der Waals surface area (Å²) in [5, 5.41) is 0.489. The zero-order valence-corrected chi connectivity index (χ0v) is 8.68. The number of aromatic nitrogens is 1. The molecule has 0 bridgehead atoms. The first-order valence-corrected chi connectivity index (χ1v) is 5.39. The average Bonchev–Trinajstić information content (AvgIpc) is 2.24. The van der Waals surface area contributed by atoms with Gasteiger partial charge >= 0.3 is 11.7 Å². The normalized spacial score (nSPS) is 16.0. The maximum absolute atomic E-state index is 11.6. The maximum Gasteiger partial charge on any atom is 0.397 e. The van der Waals surface area contributed by atoms with Gasteiger partial charge in [0.1, 0.15) is 6.10 Å². The minimum absolute atomic E-state index is 0.0911. The molecule has 2 aromatic rings. The van der Waals surface area contributed by atoms with E-state index < -0.39 is 0 Å². The molecule has 1 aromatic carbocycles. The van der Waals surface area contributed by atoms with Crippen LogP contribution in [0.15, 0.2) is 33.5 Å². The quantitative estimate of drug-likeness (QED) is 0.773. The summed E-state index contributed by atoms with van der Waals surface area (Å²) in [7, 11) is 0. The van der Waals surface area contributed by atoms with Gasteiger partial charge in [-0.1, -0.05) is 12.1 Å². The van der Waals surface area contributed by atoms with Gasteiger partial charge in [-0.2, -0.15) is 4.98 Å². The molecular weight excluding hydrogens is 206 g/mol. The Balaban J connectivity index is 2.03. The number of nitrogens with zero attached hydrogens (tertiary/aromatic N) is 1. The van der Waals surface area contributed by atoms with E-state index >= 15 is 0 Å². The highest BCUT2D eigenvalue weighted by Crippen LogP contribution is 2.24. The molecule has 0 radical (unpaired) electrons. The molecule has 4 heteroatoms. The molecule has 1 fully saturated rings. The van der Waals surface area contributed by atoms with E-state index in [9.17, 15) is 4.79 Å².